The van der Waals surface area contributed by atoms with Gasteiger partial charge in [-0.25, -0.2) is 9.78 Å². The molecule has 144 valence electrons. The van der Waals surface area contributed by atoms with E-state index in [1.807, 2.05) is 11.5 Å². The molecule has 1 amide bonds. The third-order valence-corrected chi connectivity index (χ3v) is 5.26. The molecule has 0 spiro atoms. The lowest BCUT2D eigenvalue weighted by molar-refractivity contribution is -0.138. The first-order valence-corrected chi connectivity index (χ1v) is 9.73. The average Bonchev–Trinajstić information content (AvgIpc) is 3.32. The third-order valence-electron chi connectivity index (χ3n) is 4.46. The smallest absolute Gasteiger partial charge is 0.335 e. The molecular weight excluding hydrogens is 366 g/mol. The van der Waals surface area contributed by atoms with E-state index in [-0.39, 0.29) is 18.4 Å². The number of thiazole rings is 1. The van der Waals surface area contributed by atoms with Gasteiger partial charge in [-0.15, -0.1) is 11.3 Å². The van der Waals surface area contributed by atoms with Crippen molar-refractivity contribution in [1.82, 2.24) is 15.2 Å². The lowest BCUT2D eigenvalue weighted by Crippen LogP contribution is -2.32. The van der Waals surface area contributed by atoms with Gasteiger partial charge in [0.2, 0.25) is 5.91 Å². The molecule has 0 unspecified atom stereocenters. The number of amidine groups is 1. The maximum Gasteiger partial charge on any atom is 0.335 e. The molecule has 9 heteroatoms. The Kier molecular flexibility index (Phi) is 6.36. The number of amides is 1. The molecule has 27 heavy (non-hydrogen) atoms. The van der Waals surface area contributed by atoms with Gasteiger partial charge in [0, 0.05) is 43.3 Å². The first-order valence-electron chi connectivity index (χ1n) is 8.86. The Morgan fingerprint density at radius 2 is 2.41 bits per heavy atom. The van der Waals surface area contributed by atoms with Crippen LogP contribution in [0.1, 0.15) is 18.4 Å². The highest BCUT2D eigenvalue weighted by molar-refractivity contribution is 7.11. The second-order valence-electron chi connectivity index (χ2n) is 6.24. The second kappa shape index (κ2) is 8.92. The van der Waals surface area contributed by atoms with Crippen LogP contribution in [0.25, 0.3) is 0 Å². The molecule has 8 nitrogen and oxygen atoms in total. The molecule has 0 atom stereocenters. The number of hydrogen-bond acceptors (Lipinski definition) is 7. The van der Waals surface area contributed by atoms with E-state index in [0.29, 0.717) is 36.1 Å². The Morgan fingerprint density at radius 3 is 3.15 bits per heavy atom. The monoisotopic (exact) mass is 389 g/mol. The zero-order valence-corrected chi connectivity index (χ0v) is 16.1. The molecule has 0 bridgehead atoms. The quantitative estimate of drug-likeness (QED) is 0.304. The van der Waals surface area contributed by atoms with Gasteiger partial charge in [0.15, 0.2) is 10.8 Å². The van der Waals surface area contributed by atoms with E-state index in [4.69, 9.17) is 10.5 Å². The Labute approximate surface area is 161 Å². The van der Waals surface area contributed by atoms with Gasteiger partial charge in [0.25, 0.3) is 0 Å². The summed E-state index contributed by atoms with van der Waals surface area (Å²) in [7, 11) is 0. The first kappa shape index (κ1) is 19.2. The van der Waals surface area contributed by atoms with Crippen LogP contribution in [0.15, 0.2) is 39.4 Å². The fourth-order valence-electron chi connectivity index (χ4n) is 3.04. The number of nitrogens with zero attached hydrogens (tertiary/aromatic N) is 3. The van der Waals surface area contributed by atoms with Crippen molar-refractivity contribution < 1.29 is 14.3 Å². The number of aliphatic imine (C=N–C) groups is 1. The second-order valence-corrected chi connectivity index (χ2v) is 7.13. The topological polar surface area (TPSA) is 110 Å². The Bertz CT molecular complexity index is 798. The van der Waals surface area contributed by atoms with E-state index < -0.39 is 0 Å². The normalized spacial score (nSPS) is 18.5. The summed E-state index contributed by atoms with van der Waals surface area (Å²) in [5.41, 5.74) is 8.46. The van der Waals surface area contributed by atoms with Gasteiger partial charge in [0.05, 0.1) is 18.7 Å². The van der Waals surface area contributed by atoms with Crippen LogP contribution in [0.5, 0.6) is 0 Å². The molecule has 0 aliphatic carbocycles. The maximum atomic E-state index is 12.2. The van der Waals surface area contributed by atoms with E-state index in [9.17, 15) is 9.59 Å². The highest BCUT2D eigenvalue weighted by atomic mass is 32.1. The number of nitrogens with two attached hydrogens (primary N) is 1. The highest BCUT2D eigenvalue weighted by Crippen LogP contribution is 2.21. The van der Waals surface area contributed by atoms with E-state index in [1.54, 1.807) is 13.1 Å². The summed E-state index contributed by atoms with van der Waals surface area (Å²) in [5, 5.41) is 5.31. The Balaban J connectivity index is 1.66. The fraction of sp³-hybridized carbons (Fsp3) is 0.444. The van der Waals surface area contributed by atoms with E-state index in [2.05, 4.69) is 20.2 Å². The summed E-state index contributed by atoms with van der Waals surface area (Å²) in [6.07, 6.45) is 4.23. The largest absolute Gasteiger partial charge is 0.463 e. The molecule has 3 heterocycles. The van der Waals surface area contributed by atoms with Crippen LogP contribution < -0.4 is 11.1 Å². The Hall–Kier alpha value is -2.52. The molecule has 0 saturated carbocycles. The zero-order chi connectivity index (χ0) is 19.2. The van der Waals surface area contributed by atoms with Crippen molar-refractivity contribution in [2.75, 3.05) is 39.3 Å². The van der Waals surface area contributed by atoms with E-state index >= 15 is 0 Å². The van der Waals surface area contributed by atoms with Crippen LogP contribution in [-0.4, -0.2) is 66.9 Å². The number of hydrogen-bond donors (Lipinski definition) is 2. The zero-order valence-electron chi connectivity index (χ0n) is 15.2. The molecule has 3 N–H and O–H groups in total. The maximum absolute atomic E-state index is 12.2. The number of aromatic nitrogens is 1. The minimum atomic E-state index is -0.386. The predicted molar refractivity (Wildman–Crippen MR) is 104 cm³/mol. The lowest BCUT2D eigenvalue weighted by atomic mass is 10.0. The number of nitrogens with one attached hydrogen (secondary N) is 1. The van der Waals surface area contributed by atoms with Gasteiger partial charge in [-0.05, 0) is 18.9 Å². The van der Waals surface area contributed by atoms with E-state index in [0.717, 1.165) is 30.7 Å². The van der Waals surface area contributed by atoms with Gasteiger partial charge in [-0.1, -0.05) is 6.08 Å². The summed E-state index contributed by atoms with van der Waals surface area (Å²) in [6, 6.07) is 0. The van der Waals surface area contributed by atoms with Gasteiger partial charge < -0.3 is 15.8 Å². The van der Waals surface area contributed by atoms with Gasteiger partial charge >= 0.3 is 5.97 Å². The minimum Gasteiger partial charge on any atom is -0.463 e. The SMILES string of the molecule is CCOC(=O)/C(=C\CN1CCC2=C(CNC2=O)C1)CN=C(N)c1nccs1. The third kappa shape index (κ3) is 4.81. The van der Waals surface area contributed by atoms with E-state index in [1.165, 1.54) is 11.3 Å². The first-order chi connectivity index (χ1) is 13.1. The van der Waals surface area contributed by atoms with Crippen LogP contribution >= 0.6 is 11.3 Å². The number of carbonyl (C=O) groups excluding carboxylic acids is 2. The number of ether oxygens (including phenoxy) is 1. The average molecular weight is 389 g/mol. The molecule has 0 fully saturated rings. The highest BCUT2D eigenvalue weighted by Gasteiger charge is 2.27. The molecular formula is C18H23N5O3S. The van der Waals surface area contributed by atoms with Crippen LogP contribution in [0.4, 0.5) is 0 Å². The fourth-order valence-corrected chi connectivity index (χ4v) is 3.60. The standard InChI is InChI=1S/C18H23N5O3S/c1-2-26-18(25)12(9-21-15(19)17-20-5-8-27-17)3-6-23-7-4-14-13(11-23)10-22-16(14)24/h3,5,8H,2,4,6-7,9-11H2,1H3,(H2,19,21)(H,22,24)/b12-3-. The van der Waals surface area contributed by atoms with Crippen molar-refractivity contribution in [2.45, 2.75) is 13.3 Å². The molecule has 3 rings (SSSR count). The summed E-state index contributed by atoms with van der Waals surface area (Å²) < 4.78 is 5.14. The number of esters is 1. The van der Waals surface area contributed by atoms with Crippen molar-refractivity contribution in [3.63, 3.8) is 0 Å². The van der Waals surface area contributed by atoms with Gasteiger partial charge in [-0.2, -0.15) is 0 Å². The van der Waals surface area contributed by atoms with Crippen LogP contribution in [-0.2, 0) is 14.3 Å². The van der Waals surface area contributed by atoms with Crippen molar-refractivity contribution in [3.05, 3.63) is 39.4 Å². The number of carbonyl (C=O) groups is 2. The van der Waals surface area contributed by atoms with Crippen LogP contribution in [0.2, 0.25) is 0 Å². The van der Waals surface area contributed by atoms with Crippen molar-refractivity contribution in [1.29, 1.82) is 0 Å². The molecule has 2 aliphatic rings. The molecule has 1 aromatic heterocycles. The predicted octanol–water partition coefficient (Wildman–Crippen LogP) is 0.470. The van der Waals surface area contributed by atoms with Crippen LogP contribution in [0.3, 0.4) is 0 Å². The molecule has 1 aromatic rings. The molecule has 0 radical (unpaired) electrons. The summed E-state index contributed by atoms with van der Waals surface area (Å²) >= 11 is 1.40. The van der Waals surface area contributed by atoms with Crippen molar-refractivity contribution in [3.8, 4) is 0 Å². The van der Waals surface area contributed by atoms with Crippen molar-refractivity contribution >= 4 is 29.0 Å². The number of rotatable bonds is 7. The van der Waals surface area contributed by atoms with Gasteiger partial charge in [-0.3, -0.25) is 14.7 Å². The van der Waals surface area contributed by atoms with Crippen molar-refractivity contribution in [2.24, 2.45) is 10.7 Å². The lowest BCUT2D eigenvalue weighted by Gasteiger charge is -2.26. The molecule has 0 aromatic carbocycles. The van der Waals surface area contributed by atoms with Crippen LogP contribution in [0, 0.1) is 0 Å². The molecule has 0 saturated heterocycles. The molecule has 2 aliphatic heterocycles. The summed E-state index contributed by atoms with van der Waals surface area (Å²) in [4.78, 5) is 34.5. The summed E-state index contributed by atoms with van der Waals surface area (Å²) in [6.45, 7) is 4.93. The van der Waals surface area contributed by atoms with Gasteiger partial charge in [0.1, 0.15) is 0 Å². The minimum absolute atomic E-state index is 0.0550. The summed E-state index contributed by atoms with van der Waals surface area (Å²) in [5.74, 6) is -0.0225. The Morgan fingerprint density at radius 1 is 1.56 bits per heavy atom.